The first kappa shape index (κ1) is 59.7. The Kier molecular flexibility index (Phi) is 23.0. The molecule has 2 aliphatic rings. The predicted octanol–water partition coefficient (Wildman–Crippen LogP) is 7.10. The van der Waals surface area contributed by atoms with E-state index in [0.717, 1.165) is 22.3 Å². The Hall–Kier alpha value is -8.37. The highest BCUT2D eigenvalue weighted by Gasteiger charge is 2.54. The molecule has 1 heterocycles. The molecule has 0 spiro atoms. The molecule has 1 aliphatic heterocycles. The van der Waals surface area contributed by atoms with E-state index in [1.54, 1.807) is 60.7 Å². The minimum atomic E-state index is -1.92. The number of nitrogens with one attached hydrogen (secondary N) is 5. The van der Waals surface area contributed by atoms with E-state index >= 15 is 0 Å². The van der Waals surface area contributed by atoms with Crippen LogP contribution in [0.3, 0.4) is 0 Å². The third kappa shape index (κ3) is 18.9. The number of aliphatic hydroxyl groups is 2. The van der Waals surface area contributed by atoms with Gasteiger partial charge in [0.2, 0.25) is 5.91 Å². The summed E-state index contributed by atoms with van der Waals surface area (Å²) in [6.45, 7) is -0.457. The number of hydrogen-bond donors (Lipinski definition) is 7. The number of ether oxygens (including phenoxy) is 8. The minimum absolute atomic E-state index is 0.0161. The van der Waals surface area contributed by atoms with Gasteiger partial charge in [-0.15, -0.1) is 0 Å². The lowest BCUT2D eigenvalue weighted by molar-refractivity contribution is -0.269. The van der Waals surface area contributed by atoms with E-state index in [1.165, 1.54) is 0 Å². The molecule has 7 N–H and O–H groups in total. The van der Waals surface area contributed by atoms with Gasteiger partial charge in [-0.2, -0.15) is 0 Å². The van der Waals surface area contributed by atoms with Crippen LogP contribution in [-0.2, 0) is 82.3 Å². The summed E-state index contributed by atoms with van der Waals surface area (Å²) in [6.07, 6.45) is -13.1. The van der Waals surface area contributed by atoms with Gasteiger partial charge in [0, 0.05) is 19.5 Å². The van der Waals surface area contributed by atoms with Crippen LogP contribution in [0, 0.1) is 0 Å². The van der Waals surface area contributed by atoms with Crippen LogP contribution in [0.5, 0.6) is 0 Å². The van der Waals surface area contributed by atoms with Crippen molar-refractivity contribution in [2.24, 2.45) is 0 Å². The van der Waals surface area contributed by atoms with Crippen molar-refractivity contribution in [2.45, 2.75) is 120 Å². The van der Waals surface area contributed by atoms with Gasteiger partial charge in [0.1, 0.15) is 56.9 Å². The second kappa shape index (κ2) is 31.6. The van der Waals surface area contributed by atoms with Crippen LogP contribution < -0.4 is 26.6 Å². The largest absolute Gasteiger partial charge is 0.445 e. The lowest BCUT2D eigenvalue weighted by Crippen LogP contribution is -2.74. The molecule has 0 bridgehead atoms. The van der Waals surface area contributed by atoms with E-state index in [1.807, 2.05) is 121 Å². The molecule has 20 nitrogen and oxygen atoms in total. The summed E-state index contributed by atoms with van der Waals surface area (Å²) in [5, 5.41) is 38.7. The number of alkyl carbamates (subject to hydrolysis) is 4. The molecule has 6 aromatic rings. The van der Waals surface area contributed by atoms with E-state index in [9.17, 15) is 34.2 Å². The molecule has 2 fully saturated rings. The summed E-state index contributed by atoms with van der Waals surface area (Å²) in [5.41, 5.74) is 4.38. The summed E-state index contributed by atoms with van der Waals surface area (Å²) >= 11 is 0. The molecule has 1 saturated heterocycles. The van der Waals surface area contributed by atoms with E-state index in [-0.39, 0.29) is 65.6 Å². The SMILES string of the molecule is O=C(NCC[C@H](OCc1ccccc1)C(=O)N[C@@H]1C(OCc2ccccc2)[C@H](NC(=O)OCc2ccccc2)C(O[C@H]2O[C@H](CNC(=O)OCc3ccccc3)CCC2NC(=O)OCc2ccccc2)C(O)[C@H]1O)OCc1ccccc1. The second-order valence-electron chi connectivity index (χ2n) is 19.6. The highest BCUT2D eigenvalue weighted by molar-refractivity contribution is 5.81. The smallest absolute Gasteiger partial charge is 0.407 e. The molecular formula is C62H69N5O15. The maximum atomic E-state index is 14.7. The first-order valence-electron chi connectivity index (χ1n) is 27.2. The lowest BCUT2D eigenvalue weighted by Gasteiger charge is -2.49. The molecule has 4 unspecified atom stereocenters. The predicted molar refractivity (Wildman–Crippen MR) is 298 cm³/mol. The van der Waals surface area contributed by atoms with Crippen LogP contribution in [0.1, 0.15) is 52.6 Å². The third-order valence-corrected chi connectivity index (χ3v) is 13.6. The number of amides is 5. The van der Waals surface area contributed by atoms with Crippen LogP contribution >= 0.6 is 0 Å². The van der Waals surface area contributed by atoms with Gasteiger partial charge in [0.15, 0.2) is 6.29 Å². The average molecular weight is 1120 g/mol. The van der Waals surface area contributed by atoms with Crippen molar-refractivity contribution in [3.63, 3.8) is 0 Å². The second-order valence-corrected chi connectivity index (χ2v) is 19.6. The van der Waals surface area contributed by atoms with Crippen molar-refractivity contribution >= 4 is 30.3 Å². The highest BCUT2D eigenvalue weighted by Crippen LogP contribution is 2.32. The van der Waals surface area contributed by atoms with Crippen LogP contribution in [0.4, 0.5) is 19.2 Å². The number of rotatable bonds is 25. The van der Waals surface area contributed by atoms with Gasteiger partial charge in [-0.3, -0.25) is 4.79 Å². The average Bonchev–Trinajstić information content (AvgIpc) is 3.08. The third-order valence-electron chi connectivity index (χ3n) is 13.6. The van der Waals surface area contributed by atoms with Crippen molar-refractivity contribution in [1.82, 2.24) is 26.6 Å². The Balaban J connectivity index is 1.06. The van der Waals surface area contributed by atoms with Crippen molar-refractivity contribution in [3.8, 4) is 0 Å². The zero-order chi connectivity index (χ0) is 57.3. The first-order chi connectivity index (χ1) is 40.0. The molecule has 10 atom stereocenters. The lowest BCUT2D eigenvalue weighted by atomic mass is 9.80. The van der Waals surface area contributed by atoms with Crippen LogP contribution in [0.15, 0.2) is 182 Å². The maximum absolute atomic E-state index is 14.7. The van der Waals surface area contributed by atoms with Gasteiger partial charge in [0.25, 0.3) is 0 Å². The summed E-state index contributed by atoms with van der Waals surface area (Å²) in [4.78, 5) is 68.2. The van der Waals surface area contributed by atoms with E-state index in [2.05, 4.69) is 26.6 Å². The molecule has 20 heteroatoms. The first-order valence-corrected chi connectivity index (χ1v) is 27.2. The molecule has 0 radical (unpaired) electrons. The van der Waals surface area contributed by atoms with E-state index in [0.29, 0.717) is 17.5 Å². The van der Waals surface area contributed by atoms with Crippen molar-refractivity contribution < 1.29 is 72.1 Å². The molecule has 432 valence electrons. The fraction of sp³-hybridized carbons (Fsp3) is 0.339. The topological polar surface area (TPSA) is 260 Å². The fourth-order valence-corrected chi connectivity index (χ4v) is 9.31. The molecule has 6 aromatic carbocycles. The van der Waals surface area contributed by atoms with Crippen molar-refractivity contribution in [3.05, 3.63) is 215 Å². The normalized spacial score (nSPS) is 21.6. The number of hydrogen-bond acceptors (Lipinski definition) is 15. The molecule has 0 aromatic heterocycles. The number of benzene rings is 6. The quantitative estimate of drug-likeness (QED) is 0.0282. The van der Waals surface area contributed by atoms with Crippen LogP contribution in [-0.4, -0.2) is 115 Å². The summed E-state index contributed by atoms with van der Waals surface area (Å²) in [7, 11) is 0. The Labute approximate surface area is 475 Å². The Morgan fingerprint density at radius 3 is 1.38 bits per heavy atom. The Morgan fingerprint density at radius 1 is 0.463 bits per heavy atom. The summed E-state index contributed by atoms with van der Waals surface area (Å²) < 4.78 is 48.2. The number of aliphatic hydroxyl groups excluding tert-OH is 2. The molecule has 1 aliphatic carbocycles. The minimum Gasteiger partial charge on any atom is -0.445 e. The van der Waals surface area contributed by atoms with Gasteiger partial charge >= 0.3 is 24.4 Å². The zero-order valence-electron chi connectivity index (χ0n) is 45.1. The van der Waals surface area contributed by atoms with Gasteiger partial charge in [-0.1, -0.05) is 182 Å². The molecule has 1 saturated carbocycles. The van der Waals surface area contributed by atoms with E-state index < -0.39 is 91.3 Å². The number of carbonyl (C=O) groups is 5. The zero-order valence-corrected chi connectivity index (χ0v) is 45.1. The molecule has 8 rings (SSSR count). The maximum Gasteiger partial charge on any atom is 0.407 e. The standard InChI is InChI=1S/C62H69N5O15/c68-53-51(66-57(70)50(75-36-42-19-7-1-8-20-42)33-34-63-59(71)77-38-44-23-11-3-12-24-44)55(76-37-43-21-9-2-10-22-43)52(67-62(74)80-41-47-29-17-6-18-30-47)56(54(53)69)82-58-49(65-61(73)79-40-46-27-15-5-16-28-46)32-31-48(81-58)35-64-60(72)78-39-45-25-13-4-14-26-45/h1-30,48-56,58,68-69H,31-41H2,(H,63,71)(H,64,72)(H,65,73)(H,66,70)(H,67,74)/t48-,49?,50-,51-,52-,53-,54?,55?,56?,58+/m0/s1. The van der Waals surface area contributed by atoms with Gasteiger partial charge in [-0.05, 0) is 46.2 Å². The Morgan fingerprint density at radius 2 is 0.890 bits per heavy atom. The van der Waals surface area contributed by atoms with Crippen LogP contribution in [0.25, 0.3) is 0 Å². The number of carbonyl (C=O) groups excluding carboxylic acids is 5. The molecule has 5 amide bonds. The van der Waals surface area contributed by atoms with Crippen molar-refractivity contribution in [1.29, 1.82) is 0 Å². The molecular weight excluding hydrogens is 1050 g/mol. The highest BCUT2D eigenvalue weighted by atomic mass is 16.7. The summed E-state index contributed by atoms with van der Waals surface area (Å²) in [6, 6.07) is 50.4. The van der Waals surface area contributed by atoms with Gasteiger partial charge < -0.3 is 74.7 Å². The molecule has 82 heavy (non-hydrogen) atoms. The summed E-state index contributed by atoms with van der Waals surface area (Å²) in [5.74, 6) is -0.753. The fourth-order valence-electron chi connectivity index (χ4n) is 9.31. The van der Waals surface area contributed by atoms with Crippen LogP contribution in [0.2, 0.25) is 0 Å². The van der Waals surface area contributed by atoms with Gasteiger partial charge in [-0.25, -0.2) is 19.2 Å². The monoisotopic (exact) mass is 1120 g/mol. The van der Waals surface area contributed by atoms with Crippen molar-refractivity contribution in [2.75, 3.05) is 13.1 Å². The van der Waals surface area contributed by atoms with Gasteiger partial charge in [0.05, 0.1) is 37.4 Å². The Bertz CT molecular complexity index is 2880. The van der Waals surface area contributed by atoms with E-state index in [4.69, 9.17) is 37.9 Å².